The van der Waals surface area contributed by atoms with Crippen LogP contribution in [0.25, 0.3) is 22.8 Å². The molecule has 0 spiro atoms. The van der Waals surface area contributed by atoms with Gasteiger partial charge in [-0.1, -0.05) is 24.3 Å². The van der Waals surface area contributed by atoms with Gasteiger partial charge in [0.15, 0.2) is 0 Å². The number of alkyl halides is 2. The molecule has 12 nitrogen and oxygen atoms in total. The van der Waals surface area contributed by atoms with E-state index >= 15 is 0 Å². The van der Waals surface area contributed by atoms with E-state index in [1.807, 2.05) is 59.7 Å². The van der Waals surface area contributed by atoms with Gasteiger partial charge in [-0.15, -0.1) is 36.5 Å². The Kier molecular flexibility index (Phi) is 18.4. The quantitative estimate of drug-likeness (QED) is 0.144. The number of anilines is 2. The Morgan fingerprint density at radius 3 is 1.69 bits per heavy atom. The maximum Gasteiger partial charge on any atom is 0.251 e. The van der Waals surface area contributed by atoms with E-state index in [0.717, 1.165) is 91.1 Å². The summed E-state index contributed by atoms with van der Waals surface area (Å²) < 4.78 is 42.0. The molecule has 3 saturated heterocycles. The number of aryl methyl sites for hydroxylation is 2. The number of halogens is 2. The summed E-state index contributed by atoms with van der Waals surface area (Å²) in [6.07, 6.45) is 17.4. The van der Waals surface area contributed by atoms with Crippen LogP contribution in [0.15, 0.2) is 63.2 Å². The zero-order valence-corrected chi connectivity index (χ0v) is 35.6. The van der Waals surface area contributed by atoms with Crippen molar-refractivity contribution in [2.24, 2.45) is 5.92 Å². The second-order valence-corrected chi connectivity index (χ2v) is 15.0. The van der Waals surface area contributed by atoms with Crippen molar-refractivity contribution in [2.45, 2.75) is 123 Å². The molecule has 8 rings (SSSR count). The lowest BCUT2D eigenvalue weighted by Crippen LogP contribution is -2.39. The maximum atomic E-state index is 13.4. The highest BCUT2D eigenvalue weighted by atomic mass is 19.3. The molecule has 0 unspecified atom stereocenters. The molecule has 7 heterocycles. The Bertz CT molecular complexity index is 1790. The van der Waals surface area contributed by atoms with Crippen LogP contribution in [0.3, 0.4) is 0 Å². The number of hydrogen-bond acceptors (Lipinski definition) is 10. The van der Waals surface area contributed by atoms with Crippen LogP contribution < -0.4 is 9.80 Å². The van der Waals surface area contributed by atoms with Gasteiger partial charge in [0.1, 0.15) is 11.4 Å². The predicted molar refractivity (Wildman–Crippen MR) is 229 cm³/mol. The van der Waals surface area contributed by atoms with E-state index in [9.17, 15) is 8.78 Å². The summed E-state index contributed by atoms with van der Waals surface area (Å²) in [5.41, 5.74) is 7.42. The Labute approximate surface area is 344 Å². The Morgan fingerprint density at radius 2 is 1.24 bits per heavy atom. The fourth-order valence-electron chi connectivity index (χ4n) is 7.24. The highest BCUT2D eigenvalue weighted by Crippen LogP contribution is 2.33. The standard InChI is InChI=1S/C19H25F2N5O.C19H27N5O.C2H6.2C2H4/c1-14-10-15(25-7-5-19(20,21)6-8-25)11-22-18(14)17-13-26(24-23-17)12-16-4-2-3-9-27-16;1-14-9-16(23(2)11-15-6-7-15)10-20-19(14)18-13-24(22-21-18)12-17-5-3-4-8-25-17;3*1-2/h10-11,13,16H,2-9,12H2,1H3;9-10,13,15,17H,3-8,11-12H2,1-2H3;1-2H3;2*1-2H2/t16-;17-;;;/m11.../s1. The summed E-state index contributed by atoms with van der Waals surface area (Å²) in [7, 11) is 2.15. The van der Waals surface area contributed by atoms with Crippen LogP contribution in [0.2, 0.25) is 0 Å². The van der Waals surface area contributed by atoms with Crippen LogP contribution in [0.1, 0.15) is 89.2 Å². The number of nitrogens with zero attached hydrogens (tertiary/aromatic N) is 10. The van der Waals surface area contributed by atoms with E-state index in [-0.39, 0.29) is 25.0 Å². The molecular formula is C44H66F2N10O2. The molecule has 58 heavy (non-hydrogen) atoms. The van der Waals surface area contributed by atoms with E-state index in [0.29, 0.717) is 19.6 Å². The number of hydrogen-bond donors (Lipinski definition) is 0. The molecule has 0 aromatic carbocycles. The number of piperidine rings is 1. The molecule has 14 heteroatoms. The zero-order chi connectivity index (χ0) is 42.1. The topological polar surface area (TPSA) is 112 Å². The SMILES string of the molecule is C=C.C=C.CC.Cc1cc(N(C)CC2CC2)cnc1-c1cn(C[C@H]2CCCCO2)nn1.Cc1cc(N2CCC(F)(F)CC2)cnc1-c1cn(C[C@H]2CCCCO2)nn1. The molecule has 0 amide bonds. The second kappa shape index (κ2) is 23.1. The highest BCUT2D eigenvalue weighted by Gasteiger charge is 2.34. The zero-order valence-electron chi connectivity index (χ0n) is 35.6. The summed E-state index contributed by atoms with van der Waals surface area (Å²) in [5.74, 6) is -1.67. The lowest BCUT2D eigenvalue weighted by molar-refractivity contribution is -0.0220. The van der Waals surface area contributed by atoms with Gasteiger partial charge in [-0.3, -0.25) is 9.97 Å². The third-order valence-corrected chi connectivity index (χ3v) is 10.5. The van der Waals surface area contributed by atoms with E-state index < -0.39 is 5.92 Å². The first-order valence-electron chi connectivity index (χ1n) is 21.0. The monoisotopic (exact) mass is 805 g/mol. The van der Waals surface area contributed by atoms with Gasteiger partial charge in [0.25, 0.3) is 5.92 Å². The normalized spacial score (nSPS) is 19.7. The second-order valence-electron chi connectivity index (χ2n) is 15.0. The van der Waals surface area contributed by atoms with Crippen molar-refractivity contribution in [3.63, 3.8) is 0 Å². The van der Waals surface area contributed by atoms with Crippen LogP contribution in [0, 0.1) is 19.8 Å². The van der Waals surface area contributed by atoms with Crippen molar-refractivity contribution < 1.29 is 18.3 Å². The molecule has 4 aromatic heterocycles. The van der Waals surface area contributed by atoms with Crippen LogP contribution in [0.4, 0.5) is 20.2 Å². The Balaban J connectivity index is 0.000000228. The first-order valence-corrected chi connectivity index (χ1v) is 21.0. The van der Waals surface area contributed by atoms with E-state index in [1.54, 1.807) is 6.20 Å². The Hall–Kier alpha value is -4.56. The minimum absolute atomic E-state index is 0.106. The van der Waals surface area contributed by atoms with Crippen molar-refractivity contribution in [1.29, 1.82) is 0 Å². The molecule has 0 radical (unpaired) electrons. The van der Waals surface area contributed by atoms with Crippen LogP contribution in [-0.4, -0.2) is 98.0 Å². The van der Waals surface area contributed by atoms with Crippen molar-refractivity contribution in [3.8, 4) is 22.8 Å². The number of aromatic nitrogens is 8. The van der Waals surface area contributed by atoms with E-state index in [4.69, 9.17) is 9.47 Å². The lowest BCUT2D eigenvalue weighted by Gasteiger charge is -2.33. The first-order chi connectivity index (χ1) is 28.2. The molecule has 0 N–H and O–H groups in total. The molecule has 4 fully saturated rings. The molecule has 1 saturated carbocycles. The summed E-state index contributed by atoms with van der Waals surface area (Å²) in [6, 6.07) is 4.20. The van der Waals surface area contributed by atoms with Gasteiger partial charge < -0.3 is 19.3 Å². The van der Waals surface area contributed by atoms with Crippen LogP contribution in [-0.2, 0) is 22.6 Å². The van der Waals surface area contributed by atoms with Crippen LogP contribution in [0.5, 0.6) is 0 Å². The molecule has 4 aliphatic rings. The first kappa shape index (κ1) is 46.1. The van der Waals surface area contributed by atoms with Gasteiger partial charge in [0.05, 0.1) is 72.8 Å². The number of rotatable bonds is 10. The average molecular weight is 805 g/mol. The third kappa shape index (κ3) is 13.5. The fourth-order valence-corrected chi connectivity index (χ4v) is 7.24. The minimum atomic E-state index is -2.54. The minimum Gasteiger partial charge on any atom is -0.376 e. The van der Waals surface area contributed by atoms with Crippen molar-refractivity contribution in [2.75, 3.05) is 49.7 Å². The van der Waals surface area contributed by atoms with Crippen molar-refractivity contribution in [3.05, 3.63) is 74.4 Å². The Morgan fingerprint density at radius 1 is 0.741 bits per heavy atom. The van der Waals surface area contributed by atoms with Crippen molar-refractivity contribution in [1.82, 2.24) is 40.0 Å². The van der Waals surface area contributed by atoms with E-state index in [1.165, 1.54) is 37.8 Å². The fraction of sp³-hybridized carbons (Fsp3) is 0.591. The van der Waals surface area contributed by atoms with E-state index in [2.05, 4.69) is 81.8 Å². The number of pyridine rings is 2. The molecule has 318 valence electrons. The summed E-state index contributed by atoms with van der Waals surface area (Å²) in [6.45, 7) is 25.0. The summed E-state index contributed by atoms with van der Waals surface area (Å²) in [4.78, 5) is 13.5. The van der Waals surface area contributed by atoms with Gasteiger partial charge >= 0.3 is 0 Å². The molecule has 4 aromatic rings. The van der Waals surface area contributed by atoms with Gasteiger partial charge in [0.2, 0.25) is 0 Å². The smallest absolute Gasteiger partial charge is 0.251 e. The largest absolute Gasteiger partial charge is 0.376 e. The highest BCUT2D eigenvalue weighted by molar-refractivity contribution is 5.62. The molecular weight excluding hydrogens is 739 g/mol. The predicted octanol–water partition coefficient (Wildman–Crippen LogP) is 9.15. The van der Waals surface area contributed by atoms with Gasteiger partial charge in [-0.25, -0.2) is 18.1 Å². The average Bonchev–Trinajstić information content (AvgIpc) is 3.75. The van der Waals surface area contributed by atoms with Gasteiger partial charge in [-0.2, -0.15) is 0 Å². The lowest BCUT2D eigenvalue weighted by atomic mass is 10.1. The number of ether oxygens (including phenoxy) is 2. The molecule has 2 atom stereocenters. The third-order valence-electron chi connectivity index (χ3n) is 10.5. The van der Waals surface area contributed by atoms with Gasteiger partial charge in [-0.05, 0) is 94.4 Å². The van der Waals surface area contributed by atoms with Gasteiger partial charge in [0, 0.05) is 52.7 Å². The molecule has 1 aliphatic carbocycles. The summed E-state index contributed by atoms with van der Waals surface area (Å²) in [5, 5.41) is 17.1. The molecule has 0 bridgehead atoms. The molecule has 3 aliphatic heterocycles. The van der Waals surface area contributed by atoms with Crippen molar-refractivity contribution >= 4 is 11.4 Å². The van der Waals surface area contributed by atoms with Crippen LogP contribution >= 0.6 is 0 Å². The maximum absolute atomic E-state index is 13.4. The summed E-state index contributed by atoms with van der Waals surface area (Å²) >= 11 is 0.